The summed E-state index contributed by atoms with van der Waals surface area (Å²) in [4.78, 5) is 12.6. The number of nitrogens with zero attached hydrogens (tertiary/aromatic N) is 1. The van der Waals surface area contributed by atoms with E-state index >= 15 is 0 Å². The number of sulfonamides is 1. The van der Waals surface area contributed by atoms with E-state index in [1.54, 1.807) is 13.8 Å². The molecule has 3 rings (SSSR count). The molecule has 0 aromatic heterocycles. The van der Waals surface area contributed by atoms with Crippen LogP contribution in [-0.4, -0.2) is 37.8 Å². The van der Waals surface area contributed by atoms with Gasteiger partial charge in [-0.3, -0.25) is 4.79 Å². The highest BCUT2D eigenvalue weighted by atomic mass is 32.2. The summed E-state index contributed by atoms with van der Waals surface area (Å²) < 4.78 is 26.4. The predicted octanol–water partition coefficient (Wildman–Crippen LogP) is 3.54. The third-order valence-corrected chi connectivity index (χ3v) is 6.61. The minimum Gasteiger partial charge on any atom is -0.382 e. The zero-order chi connectivity index (χ0) is 19.4. The first-order valence-corrected chi connectivity index (χ1v) is 10.7. The predicted molar refractivity (Wildman–Crippen MR) is 108 cm³/mol. The first-order valence-electron chi connectivity index (χ1n) is 9.22. The van der Waals surface area contributed by atoms with Crippen molar-refractivity contribution in [1.82, 2.24) is 4.31 Å². The minimum atomic E-state index is -3.52. The lowest BCUT2D eigenvalue weighted by molar-refractivity contribution is 0.102. The molecule has 144 valence electrons. The van der Waals surface area contributed by atoms with Crippen LogP contribution in [0.1, 0.15) is 37.0 Å². The summed E-state index contributed by atoms with van der Waals surface area (Å²) in [5.41, 5.74) is 2.15. The molecule has 6 nitrogen and oxygen atoms in total. The monoisotopic (exact) mass is 387 g/mol. The summed E-state index contributed by atoms with van der Waals surface area (Å²) in [6.45, 7) is 4.42. The van der Waals surface area contributed by atoms with Crippen molar-refractivity contribution < 1.29 is 13.2 Å². The first-order chi connectivity index (χ1) is 12.9. The van der Waals surface area contributed by atoms with E-state index in [0.717, 1.165) is 5.69 Å². The van der Waals surface area contributed by atoms with Gasteiger partial charge in [-0.15, -0.1) is 0 Å². The van der Waals surface area contributed by atoms with Crippen LogP contribution in [-0.2, 0) is 10.0 Å². The molecule has 0 heterocycles. The van der Waals surface area contributed by atoms with Gasteiger partial charge in [0.1, 0.15) is 0 Å². The van der Waals surface area contributed by atoms with E-state index in [2.05, 4.69) is 10.6 Å². The van der Waals surface area contributed by atoms with Gasteiger partial charge in [0, 0.05) is 36.1 Å². The van der Waals surface area contributed by atoms with Crippen LogP contribution in [0.15, 0.2) is 53.4 Å². The zero-order valence-corrected chi connectivity index (χ0v) is 16.4. The fourth-order valence-electron chi connectivity index (χ4n) is 2.81. The molecule has 1 aliphatic rings. The minimum absolute atomic E-state index is 0.193. The van der Waals surface area contributed by atoms with Gasteiger partial charge in [-0.25, -0.2) is 8.42 Å². The molecule has 0 spiro atoms. The van der Waals surface area contributed by atoms with E-state index in [9.17, 15) is 13.2 Å². The van der Waals surface area contributed by atoms with Crippen molar-refractivity contribution in [3.63, 3.8) is 0 Å². The van der Waals surface area contributed by atoms with Crippen LogP contribution in [0.3, 0.4) is 0 Å². The highest BCUT2D eigenvalue weighted by molar-refractivity contribution is 7.89. The second-order valence-corrected chi connectivity index (χ2v) is 8.50. The molecule has 0 saturated heterocycles. The number of hydrogen-bond acceptors (Lipinski definition) is 4. The van der Waals surface area contributed by atoms with Crippen LogP contribution in [0.2, 0.25) is 0 Å². The summed E-state index contributed by atoms with van der Waals surface area (Å²) in [6.07, 6.45) is 2.41. The second-order valence-electron chi connectivity index (χ2n) is 6.56. The van der Waals surface area contributed by atoms with Crippen LogP contribution in [0, 0.1) is 0 Å². The Kier molecular flexibility index (Phi) is 5.82. The van der Waals surface area contributed by atoms with Crippen molar-refractivity contribution in [2.24, 2.45) is 0 Å². The molecule has 0 atom stereocenters. The lowest BCUT2D eigenvalue weighted by Crippen LogP contribution is -2.30. The van der Waals surface area contributed by atoms with Crippen molar-refractivity contribution in [3.8, 4) is 0 Å². The number of benzene rings is 2. The molecule has 2 N–H and O–H groups in total. The standard InChI is InChI=1S/C20H25N3O3S/c1-3-23(4-2)27(25,26)19-13-5-15(6-14-19)20(24)22-18-11-9-17(10-12-18)21-16-7-8-16/h5-6,9-14,16,21H,3-4,7-8H2,1-2H3,(H,22,24). The maximum atomic E-state index is 12.5. The molecule has 2 aromatic rings. The van der Waals surface area contributed by atoms with Crippen LogP contribution in [0.25, 0.3) is 0 Å². The maximum Gasteiger partial charge on any atom is 0.255 e. The van der Waals surface area contributed by atoms with Gasteiger partial charge in [0.2, 0.25) is 10.0 Å². The highest BCUT2D eigenvalue weighted by Gasteiger charge is 2.22. The third kappa shape index (κ3) is 4.67. The van der Waals surface area contributed by atoms with Crippen molar-refractivity contribution in [2.45, 2.75) is 37.6 Å². The van der Waals surface area contributed by atoms with E-state index < -0.39 is 10.0 Å². The van der Waals surface area contributed by atoms with Gasteiger partial charge in [0.25, 0.3) is 5.91 Å². The third-order valence-electron chi connectivity index (χ3n) is 4.55. The Morgan fingerprint density at radius 3 is 2.04 bits per heavy atom. The molecular formula is C20H25N3O3S. The molecule has 27 heavy (non-hydrogen) atoms. The fraction of sp³-hybridized carbons (Fsp3) is 0.350. The molecule has 0 aliphatic heterocycles. The van der Waals surface area contributed by atoms with Gasteiger partial charge >= 0.3 is 0 Å². The van der Waals surface area contributed by atoms with Gasteiger partial charge in [-0.2, -0.15) is 4.31 Å². The summed E-state index contributed by atoms with van der Waals surface area (Å²) in [7, 11) is -3.52. The Bertz CT molecular complexity index is 885. The number of amides is 1. The van der Waals surface area contributed by atoms with Gasteiger partial charge in [0.05, 0.1) is 4.90 Å². The van der Waals surface area contributed by atoms with Crippen LogP contribution >= 0.6 is 0 Å². The smallest absolute Gasteiger partial charge is 0.255 e. The van der Waals surface area contributed by atoms with E-state index in [4.69, 9.17) is 0 Å². The topological polar surface area (TPSA) is 78.5 Å². The van der Waals surface area contributed by atoms with Gasteiger partial charge in [0.15, 0.2) is 0 Å². The molecular weight excluding hydrogens is 362 g/mol. The van der Waals surface area contributed by atoms with Gasteiger partial charge in [-0.1, -0.05) is 13.8 Å². The quantitative estimate of drug-likeness (QED) is 0.726. The lowest BCUT2D eigenvalue weighted by Gasteiger charge is -2.18. The Labute approximate surface area is 160 Å². The maximum absolute atomic E-state index is 12.5. The molecule has 0 bridgehead atoms. The van der Waals surface area contributed by atoms with E-state index in [1.165, 1.54) is 41.4 Å². The lowest BCUT2D eigenvalue weighted by atomic mass is 10.2. The molecule has 0 unspecified atom stereocenters. The molecule has 1 aliphatic carbocycles. The average molecular weight is 388 g/mol. The number of carbonyl (C=O) groups excluding carboxylic acids is 1. The van der Waals surface area contributed by atoms with Crippen molar-refractivity contribution in [2.75, 3.05) is 23.7 Å². The van der Waals surface area contributed by atoms with Crippen molar-refractivity contribution >= 4 is 27.3 Å². The van der Waals surface area contributed by atoms with Crippen molar-refractivity contribution in [3.05, 3.63) is 54.1 Å². The molecule has 2 aromatic carbocycles. The molecule has 1 amide bonds. The van der Waals surface area contributed by atoms with Gasteiger partial charge in [-0.05, 0) is 61.4 Å². The SMILES string of the molecule is CCN(CC)S(=O)(=O)c1ccc(C(=O)Nc2ccc(NC3CC3)cc2)cc1. The van der Waals surface area contributed by atoms with Crippen LogP contribution < -0.4 is 10.6 Å². The van der Waals surface area contributed by atoms with Crippen LogP contribution in [0.5, 0.6) is 0 Å². The van der Waals surface area contributed by atoms with Gasteiger partial charge < -0.3 is 10.6 Å². The Morgan fingerprint density at radius 2 is 1.52 bits per heavy atom. The average Bonchev–Trinajstić information content (AvgIpc) is 3.48. The molecule has 1 saturated carbocycles. The summed E-state index contributed by atoms with van der Waals surface area (Å²) >= 11 is 0. The number of hydrogen-bond donors (Lipinski definition) is 2. The van der Waals surface area contributed by atoms with E-state index in [-0.39, 0.29) is 10.8 Å². The molecule has 7 heteroatoms. The first kappa shape index (κ1) is 19.4. The summed E-state index contributed by atoms with van der Waals surface area (Å²) in [5.74, 6) is -0.273. The van der Waals surface area contributed by atoms with Crippen molar-refractivity contribution in [1.29, 1.82) is 0 Å². The molecule has 1 fully saturated rings. The largest absolute Gasteiger partial charge is 0.382 e. The van der Waals surface area contributed by atoms with E-state index in [0.29, 0.717) is 30.4 Å². The highest BCUT2D eigenvalue weighted by Crippen LogP contribution is 2.25. The normalized spacial score (nSPS) is 14.2. The molecule has 0 radical (unpaired) electrons. The Morgan fingerprint density at radius 1 is 0.963 bits per heavy atom. The Hall–Kier alpha value is -2.38. The fourth-order valence-corrected chi connectivity index (χ4v) is 4.27. The van der Waals surface area contributed by atoms with E-state index in [1.807, 2.05) is 24.3 Å². The van der Waals surface area contributed by atoms with Crippen LogP contribution in [0.4, 0.5) is 11.4 Å². The number of nitrogens with one attached hydrogen (secondary N) is 2. The number of carbonyl (C=O) groups is 1. The summed E-state index contributed by atoms with van der Waals surface area (Å²) in [6, 6.07) is 14.2. The Balaban J connectivity index is 1.66. The number of anilines is 2. The number of rotatable bonds is 8. The second kappa shape index (κ2) is 8.10. The zero-order valence-electron chi connectivity index (χ0n) is 15.6. The summed E-state index contributed by atoms with van der Waals surface area (Å²) in [5, 5.41) is 6.22.